The molecule has 0 saturated heterocycles. The van der Waals surface area contributed by atoms with Gasteiger partial charge in [0.05, 0.1) is 13.2 Å². The number of phenols is 4. The van der Waals surface area contributed by atoms with Crippen LogP contribution in [-0.2, 0) is 0 Å². The summed E-state index contributed by atoms with van der Waals surface area (Å²) in [6.07, 6.45) is 9.19. The van der Waals surface area contributed by atoms with E-state index in [-0.39, 0.29) is 53.6 Å². The number of aliphatic hydroxyl groups is 3. The molecule has 0 aliphatic carbocycles. The predicted octanol–water partition coefficient (Wildman–Crippen LogP) is 9.66. The fourth-order valence-corrected chi connectivity index (χ4v) is 5.21. The minimum Gasteiger partial charge on any atom is -0.508 e. The van der Waals surface area contributed by atoms with Crippen molar-refractivity contribution in [1.82, 2.24) is 0 Å². The zero-order valence-corrected chi connectivity index (χ0v) is 39.2. The third-order valence-electron chi connectivity index (χ3n) is 8.66. The van der Waals surface area contributed by atoms with Gasteiger partial charge in [0.1, 0.15) is 40.8 Å². The number of halogens is 1. The van der Waals surface area contributed by atoms with E-state index in [2.05, 4.69) is 15.9 Å². The van der Waals surface area contributed by atoms with Crippen LogP contribution in [0.1, 0.15) is 78.7 Å². The number of alkyl halides is 1. The SMILES string of the molecule is CC(=O)c1ccc(O)cc1.O=C(/C=C/c1ccc(O)cc1)c1ccc(O)cc1.O=C(/C=C/c1ccc(OCCCO)cc1)c1ccc(OCCCO)cc1.O=Cc1ccc(O)cc1.OCCCBr. The highest BCUT2D eigenvalue weighted by Gasteiger charge is 2.04. The van der Waals surface area contributed by atoms with Crippen molar-refractivity contribution in [2.75, 3.05) is 38.4 Å². The van der Waals surface area contributed by atoms with Crippen molar-refractivity contribution in [3.63, 3.8) is 0 Å². The number of carbonyl (C=O) groups excluding carboxylic acids is 4. The molecular weight excluding hydrogens is 936 g/mol. The Labute approximate surface area is 404 Å². The first-order chi connectivity index (χ1) is 32.8. The molecule has 6 aromatic rings. The van der Waals surface area contributed by atoms with Crippen LogP contribution in [0.5, 0.6) is 34.5 Å². The Kier molecular flexibility index (Phi) is 28.4. The van der Waals surface area contributed by atoms with Crippen molar-refractivity contribution in [3.05, 3.63) is 191 Å². The average Bonchev–Trinajstić information content (AvgIpc) is 3.35. The second-order valence-corrected chi connectivity index (χ2v) is 14.8. The Morgan fingerprint density at radius 2 is 0.765 bits per heavy atom. The molecule has 358 valence electrons. The molecule has 0 aliphatic heterocycles. The normalized spacial score (nSPS) is 10.1. The van der Waals surface area contributed by atoms with Crippen LogP contribution >= 0.6 is 15.9 Å². The average molecular weight is 994 g/mol. The summed E-state index contributed by atoms with van der Waals surface area (Å²) < 4.78 is 10.9. The molecule has 0 atom stereocenters. The van der Waals surface area contributed by atoms with Gasteiger partial charge in [-0.05, 0) is 158 Å². The van der Waals surface area contributed by atoms with Gasteiger partial charge in [-0.3, -0.25) is 19.2 Å². The van der Waals surface area contributed by atoms with Gasteiger partial charge in [0.15, 0.2) is 17.3 Å². The number of ether oxygens (including phenoxy) is 2. The largest absolute Gasteiger partial charge is 0.508 e. The maximum Gasteiger partial charge on any atom is 0.185 e. The topological polar surface area (TPSA) is 228 Å². The Morgan fingerprint density at radius 3 is 1.09 bits per heavy atom. The second kappa shape index (κ2) is 34.0. The number of hydrogen-bond donors (Lipinski definition) is 7. The van der Waals surface area contributed by atoms with Crippen molar-refractivity contribution in [1.29, 1.82) is 0 Å². The quantitative estimate of drug-likeness (QED) is 0.0140. The summed E-state index contributed by atoms with van der Waals surface area (Å²) in [5.41, 5.74) is 4.03. The molecule has 0 aromatic heterocycles. The molecule has 0 amide bonds. The molecule has 0 radical (unpaired) electrons. The third kappa shape index (κ3) is 24.8. The molecule has 0 fully saturated rings. The van der Waals surface area contributed by atoms with Gasteiger partial charge in [-0.2, -0.15) is 0 Å². The monoisotopic (exact) mass is 992 g/mol. The van der Waals surface area contributed by atoms with Crippen molar-refractivity contribution < 1.29 is 64.4 Å². The van der Waals surface area contributed by atoms with Crippen LogP contribution in [0.25, 0.3) is 12.2 Å². The first-order valence-corrected chi connectivity index (χ1v) is 22.4. The summed E-state index contributed by atoms with van der Waals surface area (Å²) in [5, 5.41) is 62.2. The van der Waals surface area contributed by atoms with Gasteiger partial charge < -0.3 is 45.2 Å². The summed E-state index contributed by atoms with van der Waals surface area (Å²) in [6.45, 7) is 2.92. The highest BCUT2D eigenvalue weighted by Crippen LogP contribution is 2.17. The van der Waals surface area contributed by atoms with Gasteiger partial charge in [-0.25, -0.2) is 0 Å². The van der Waals surface area contributed by atoms with E-state index < -0.39 is 0 Å². The van der Waals surface area contributed by atoms with Crippen LogP contribution in [-0.4, -0.2) is 97.7 Å². The van der Waals surface area contributed by atoms with Crippen molar-refractivity contribution >= 4 is 51.7 Å². The van der Waals surface area contributed by atoms with Crippen molar-refractivity contribution in [3.8, 4) is 34.5 Å². The van der Waals surface area contributed by atoms with E-state index in [9.17, 15) is 19.2 Å². The lowest BCUT2D eigenvalue weighted by molar-refractivity contribution is 0.101. The van der Waals surface area contributed by atoms with Crippen LogP contribution in [0, 0.1) is 0 Å². The molecule has 6 rings (SSSR count). The fraction of sp³-hybridized carbons (Fsp3) is 0.185. The number of ketones is 3. The lowest BCUT2D eigenvalue weighted by Gasteiger charge is -2.05. The predicted molar refractivity (Wildman–Crippen MR) is 267 cm³/mol. The van der Waals surface area contributed by atoms with E-state index >= 15 is 0 Å². The third-order valence-corrected chi connectivity index (χ3v) is 9.22. The van der Waals surface area contributed by atoms with Crippen LogP contribution in [0.15, 0.2) is 158 Å². The molecule has 13 nitrogen and oxygen atoms in total. The zero-order valence-electron chi connectivity index (χ0n) is 37.6. The number of Topliss-reactive ketones (excluding diaryl/α,β-unsaturated/α-hetero) is 1. The maximum absolute atomic E-state index is 12.2. The van der Waals surface area contributed by atoms with Gasteiger partial charge in [0.25, 0.3) is 0 Å². The minimum absolute atomic E-state index is 0.0139. The molecule has 0 saturated carbocycles. The molecular formula is C54H57BrO13. The Hall–Kier alpha value is -7.36. The van der Waals surface area contributed by atoms with Gasteiger partial charge in [0, 0.05) is 60.2 Å². The van der Waals surface area contributed by atoms with Crippen molar-refractivity contribution in [2.45, 2.75) is 26.2 Å². The van der Waals surface area contributed by atoms with E-state index in [4.69, 9.17) is 45.2 Å². The van der Waals surface area contributed by atoms with E-state index in [1.807, 2.05) is 24.3 Å². The molecule has 68 heavy (non-hydrogen) atoms. The number of hydrogen-bond acceptors (Lipinski definition) is 13. The number of benzene rings is 6. The molecule has 6 aromatic carbocycles. The summed E-state index contributed by atoms with van der Waals surface area (Å²) >= 11 is 3.15. The minimum atomic E-state index is -0.136. The Balaban J connectivity index is 0.000000325. The standard InChI is InChI=1S/C21H24O5.C15H12O3.C8H8O2.C7H6O2.C3H7BrO/c22-13-1-15-25-19-8-3-17(4-9-19)5-12-21(24)18-6-10-20(11-7-18)26-16-2-14-23;16-13-6-1-11(2-7-13)3-10-15(18)12-4-8-14(17)9-5-12;1-6(9)7-2-4-8(10)5-3-7;8-5-6-1-3-7(9)4-2-6;4-2-1-3-5/h3-12,22-23H,1-2,13-16H2;1-10,16-17H;2-5,10H,1H3;1-5,9H;5H,1-3H2/b12-5+;10-3+;;;. The maximum atomic E-state index is 12.2. The number of allylic oxidation sites excluding steroid dienone is 2. The first-order valence-electron chi connectivity index (χ1n) is 21.2. The Morgan fingerprint density at radius 1 is 0.456 bits per heavy atom. The van der Waals surface area contributed by atoms with Gasteiger partial charge in [-0.1, -0.05) is 52.3 Å². The number of phenolic OH excluding ortho intramolecular Hbond substituents is 4. The van der Waals surface area contributed by atoms with E-state index in [0.29, 0.717) is 60.7 Å². The Bertz CT molecular complexity index is 2390. The molecule has 0 bridgehead atoms. The number of aromatic hydroxyl groups is 4. The van der Waals surface area contributed by atoms with Gasteiger partial charge >= 0.3 is 0 Å². The highest BCUT2D eigenvalue weighted by molar-refractivity contribution is 9.09. The number of aliphatic hydroxyl groups excluding tert-OH is 3. The lowest BCUT2D eigenvalue weighted by Crippen LogP contribution is -2.00. The van der Waals surface area contributed by atoms with Crippen LogP contribution < -0.4 is 9.47 Å². The summed E-state index contributed by atoms with van der Waals surface area (Å²) in [6, 6.07) is 39.2. The fourth-order valence-electron chi connectivity index (χ4n) is 4.96. The van der Waals surface area contributed by atoms with Crippen molar-refractivity contribution in [2.24, 2.45) is 0 Å². The molecule has 14 heteroatoms. The first kappa shape index (κ1) is 56.8. The zero-order chi connectivity index (χ0) is 49.9. The molecule has 7 N–H and O–H groups in total. The number of aldehydes is 1. The number of rotatable bonds is 18. The van der Waals surface area contributed by atoms with E-state index in [1.54, 1.807) is 97.1 Å². The highest BCUT2D eigenvalue weighted by atomic mass is 79.9. The van der Waals surface area contributed by atoms with Crippen LogP contribution in [0.3, 0.4) is 0 Å². The number of carbonyl (C=O) groups is 4. The molecule has 0 unspecified atom stereocenters. The summed E-state index contributed by atoms with van der Waals surface area (Å²) in [5.74, 6) is 1.89. The molecule has 0 heterocycles. The second-order valence-electron chi connectivity index (χ2n) is 14.1. The van der Waals surface area contributed by atoms with Crippen LogP contribution in [0.4, 0.5) is 0 Å². The molecule has 0 aliphatic rings. The van der Waals surface area contributed by atoms with Crippen LogP contribution in [0.2, 0.25) is 0 Å². The summed E-state index contributed by atoms with van der Waals surface area (Å²) in [7, 11) is 0. The smallest absolute Gasteiger partial charge is 0.185 e. The lowest BCUT2D eigenvalue weighted by atomic mass is 10.1. The van der Waals surface area contributed by atoms with Gasteiger partial charge in [-0.15, -0.1) is 0 Å². The van der Waals surface area contributed by atoms with Gasteiger partial charge in [0.2, 0.25) is 0 Å². The molecule has 0 spiro atoms. The van der Waals surface area contributed by atoms with E-state index in [1.165, 1.54) is 55.5 Å². The van der Waals surface area contributed by atoms with E-state index in [0.717, 1.165) is 34.9 Å². The summed E-state index contributed by atoms with van der Waals surface area (Å²) in [4.78, 5) is 44.7.